The van der Waals surface area contributed by atoms with E-state index >= 15 is 0 Å². The second kappa shape index (κ2) is 9.38. The first-order valence-electron chi connectivity index (χ1n) is 10.8. The van der Waals surface area contributed by atoms with Gasteiger partial charge in [-0.3, -0.25) is 14.6 Å². The molecule has 1 aromatic heterocycles. The van der Waals surface area contributed by atoms with Crippen LogP contribution in [0.15, 0.2) is 59.8 Å². The normalized spacial score (nSPS) is 18.6. The molecule has 2 aliphatic rings. The van der Waals surface area contributed by atoms with E-state index in [1.165, 1.54) is 28.3 Å². The molecule has 2 aromatic rings. The molecule has 8 nitrogen and oxygen atoms in total. The summed E-state index contributed by atoms with van der Waals surface area (Å²) in [4.78, 5) is 28.6. The molecule has 9 heteroatoms. The zero-order valence-electron chi connectivity index (χ0n) is 17.8. The third-order valence-electron chi connectivity index (χ3n) is 6.27. The Morgan fingerprint density at radius 1 is 1.09 bits per heavy atom. The molecule has 1 aliphatic carbocycles. The molecule has 1 saturated heterocycles. The SMILES string of the molecule is O=C(COC(=O)C1CCN(S(=O)(=O)c2cccnc2)CC1)NCC1(c2ccccc2)CC1. The summed E-state index contributed by atoms with van der Waals surface area (Å²) in [6.45, 7) is 0.654. The predicted molar refractivity (Wildman–Crippen MR) is 117 cm³/mol. The lowest BCUT2D eigenvalue weighted by molar-refractivity contribution is -0.153. The number of benzene rings is 1. The van der Waals surface area contributed by atoms with Gasteiger partial charge in [0.25, 0.3) is 5.91 Å². The Hall–Kier alpha value is -2.78. The van der Waals surface area contributed by atoms with Crippen LogP contribution in [0.4, 0.5) is 0 Å². The van der Waals surface area contributed by atoms with Crippen molar-refractivity contribution >= 4 is 21.9 Å². The van der Waals surface area contributed by atoms with Crippen LogP contribution >= 0.6 is 0 Å². The van der Waals surface area contributed by atoms with Gasteiger partial charge >= 0.3 is 5.97 Å². The van der Waals surface area contributed by atoms with E-state index in [2.05, 4.69) is 22.4 Å². The van der Waals surface area contributed by atoms with Gasteiger partial charge in [0.15, 0.2) is 6.61 Å². The first-order chi connectivity index (χ1) is 15.4. The second-order valence-electron chi connectivity index (χ2n) is 8.40. The van der Waals surface area contributed by atoms with E-state index in [1.54, 1.807) is 6.07 Å². The summed E-state index contributed by atoms with van der Waals surface area (Å²) < 4.78 is 31.9. The topological polar surface area (TPSA) is 106 Å². The highest BCUT2D eigenvalue weighted by molar-refractivity contribution is 7.89. The lowest BCUT2D eigenvalue weighted by Gasteiger charge is -2.30. The summed E-state index contributed by atoms with van der Waals surface area (Å²) >= 11 is 0. The zero-order chi connectivity index (χ0) is 22.6. The van der Waals surface area contributed by atoms with Gasteiger partial charge < -0.3 is 10.1 Å². The van der Waals surface area contributed by atoms with Crippen molar-refractivity contribution in [2.24, 2.45) is 5.92 Å². The standard InChI is InChI=1S/C23H27N3O5S/c27-21(25-17-23(10-11-23)19-5-2-1-3-6-19)16-31-22(28)18-8-13-26(14-9-18)32(29,30)20-7-4-12-24-15-20/h1-7,12,15,18H,8-11,13-14,16-17H2,(H,25,27). The van der Waals surface area contributed by atoms with E-state index < -0.39 is 21.9 Å². The second-order valence-corrected chi connectivity index (χ2v) is 10.3. The number of pyridine rings is 1. The number of nitrogens with zero attached hydrogens (tertiary/aromatic N) is 2. The number of hydrogen-bond donors (Lipinski definition) is 1. The maximum atomic E-state index is 12.7. The number of ether oxygens (including phenoxy) is 1. The van der Waals surface area contributed by atoms with Crippen molar-refractivity contribution in [1.82, 2.24) is 14.6 Å². The van der Waals surface area contributed by atoms with Crippen LogP contribution in [0.2, 0.25) is 0 Å². The average Bonchev–Trinajstić information content (AvgIpc) is 3.64. The Labute approximate surface area is 188 Å². The van der Waals surface area contributed by atoms with Gasteiger partial charge in [0.1, 0.15) is 4.90 Å². The molecule has 0 bridgehead atoms. The quantitative estimate of drug-likeness (QED) is 0.607. The molecular formula is C23H27N3O5S. The average molecular weight is 458 g/mol. The molecule has 1 aliphatic heterocycles. The monoisotopic (exact) mass is 457 g/mol. The summed E-state index contributed by atoms with van der Waals surface area (Å²) in [5.41, 5.74) is 1.21. The molecular weight excluding hydrogens is 430 g/mol. The number of amides is 1. The summed E-state index contributed by atoms with van der Waals surface area (Å²) in [7, 11) is -3.62. The van der Waals surface area contributed by atoms with Crippen LogP contribution in [0.25, 0.3) is 0 Å². The van der Waals surface area contributed by atoms with Gasteiger partial charge in [0.05, 0.1) is 5.92 Å². The van der Waals surface area contributed by atoms with Crippen molar-refractivity contribution in [3.05, 3.63) is 60.4 Å². The highest BCUT2D eigenvalue weighted by atomic mass is 32.2. The Morgan fingerprint density at radius 3 is 2.44 bits per heavy atom. The minimum atomic E-state index is -3.62. The molecule has 1 amide bonds. The van der Waals surface area contributed by atoms with E-state index in [4.69, 9.17) is 4.74 Å². The Kier molecular flexibility index (Phi) is 6.57. The third-order valence-corrected chi connectivity index (χ3v) is 8.15. The fourth-order valence-electron chi connectivity index (χ4n) is 4.06. The van der Waals surface area contributed by atoms with Crippen LogP contribution in [-0.4, -0.2) is 55.8 Å². The summed E-state index contributed by atoms with van der Waals surface area (Å²) in [6, 6.07) is 13.2. The van der Waals surface area contributed by atoms with Crippen molar-refractivity contribution in [1.29, 1.82) is 0 Å². The Bertz CT molecular complexity index is 1050. The summed E-state index contributed by atoms with van der Waals surface area (Å²) in [5.74, 6) is -1.19. The van der Waals surface area contributed by atoms with Crippen LogP contribution in [-0.2, 0) is 29.8 Å². The first-order valence-corrected chi connectivity index (χ1v) is 12.2. The van der Waals surface area contributed by atoms with Gasteiger partial charge in [-0.05, 0) is 43.4 Å². The fraction of sp³-hybridized carbons (Fsp3) is 0.435. The van der Waals surface area contributed by atoms with Crippen LogP contribution in [0.3, 0.4) is 0 Å². The van der Waals surface area contributed by atoms with Crippen LogP contribution in [0.5, 0.6) is 0 Å². The number of piperidine rings is 1. The zero-order valence-corrected chi connectivity index (χ0v) is 18.6. The minimum Gasteiger partial charge on any atom is -0.455 e. The number of rotatable bonds is 8. The van der Waals surface area contributed by atoms with Crippen molar-refractivity contribution in [3.63, 3.8) is 0 Å². The van der Waals surface area contributed by atoms with Crippen molar-refractivity contribution in [2.75, 3.05) is 26.2 Å². The minimum absolute atomic E-state index is 0.00643. The van der Waals surface area contributed by atoms with E-state index in [9.17, 15) is 18.0 Å². The number of hydrogen-bond acceptors (Lipinski definition) is 6. The fourth-order valence-corrected chi connectivity index (χ4v) is 5.50. The molecule has 2 fully saturated rings. The molecule has 0 spiro atoms. The first kappa shape index (κ1) is 22.4. The van der Waals surface area contributed by atoms with Gasteiger partial charge in [0.2, 0.25) is 10.0 Å². The van der Waals surface area contributed by atoms with Crippen molar-refractivity contribution < 1.29 is 22.7 Å². The van der Waals surface area contributed by atoms with Crippen LogP contribution in [0, 0.1) is 5.92 Å². The molecule has 0 atom stereocenters. The van der Waals surface area contributed by atoms with E-state index in [-0.39, 0.29) is 35.9 Å². The summed E-state index contributed by atoms with van der Waals surface area (Å²) in [5, 5.41) is 2.88. The van der Waals surface area contributed by atoms with Crippen LogP contribution in [0.1, 0.15) is 31.2 Å². The van der Waals surface area contributed by atoms with E-state index in [1.807, 2.05) is 18.2 Å². The molecule has 0 radical (unpaired) electrons. The van der Waals surface area contributed by atoms with Crippen molar-refractivity contribution in [2.45, 2.75) is 36.0 Å². The van der Waals surface area contributed by atoms with E-state index in [0.29, 0.717) is 19.4 Å². The van der Waals surface area contributed by atoms with Gasteiger partial charge in [0, 0.05) is 37.4 Å². The highest BCUT2D eigenvalue weighted by Crippen LogP contribution is 2.47. The van der Waals surface area contributed by atoms with Gasteiger partial charge in [-0.1, -0.05) is 30.3 Å². The lowest BCUT2D eigenvalue weighted by Crippen LogP contribution is -2.41. The van der Waals surface area contributed by atoms with Gasteiger partial charge in [-0.25, -0.2) is 8.42 Å². The summed E-state index contributed by atoms with van der Waals surface area (Å²) in [6.07, 6.45) is 5.60. The van der Waals surface area contributed by atoms with Crippen LogP contribution < -0.4 is 5.32 Å². The molecule has 4 rings (SSSR count). The Balaban J connectivity index is 1.20. The number of nitrogens with one attached hydrogen (secondary N) is 1. The smallest absolute Gasteiger partial charge is 0.309 e. The largest absolute Gasteiger partial charge is 0.455 e. The number of sulfonamides is 1. The highest BCUT2D eigenvalue weighted by Gasteiger charge is 2.44. The molecule has 1 N–H and O–H groups in total. The number of carbonyl (C=O) groups excluding carboxylic acids is 2. The maximum Gasteiger partial charge on any atom is 0.309 e. The van der Waals surface area contributed by atoms with Crippen molar-refractivity contribution in [3.8, 4) is 0 Å². The molecule has 32 heavy (non-hydrogen) atoms. The Morgan fingerprint density at radius 2 is 1.81 bits per heavy atom. The number of carbonyl (C=O) groups is 2. The predicted octanol–water partition coefficient (Wildman–Crippen LogP) is 1.87. The number of aromatic nitrogens is 1. The molecule has 170 valence electrons. The van der Waals surface area contributed by atoms with Gasteiger partial charge in [-0.15, -0.1) is 0 Å². The maximum absolute atomic E-state index is 12.7. The molecule has 2 heterocycles. The van der Waals surface area contributed by atoms with Gasteiger partial charge in [-0.2, -0.15) is 4.31 Å². The lowest BCUT2D eigenvalue weighted by atomic mass is 9.96. The van der Waals surface area contributed by atoms with E-state index in [0.717, 1.165) is 12.8 Å². The number of esters is 1. The third kappa shape index (κ3) is 4.99. The molecule has 0 unspecified atom stereocenters. The molecule has 1 saturated carbocycles. The molecule has 1 aromatic carbocycles.